The zero-order chi connectivity index (χ0) is 5.70. The quantitative estimate of drug-likeness (QED) is 0.363. The molecule has 0 spiro atoms. The van der Waals surface area contributed by atoms with Gasteiger partial charge in [0.2, 0.25) is 6.41 Å². The summed E-state index contributed by atoms with van der Waals surface area (Å²) < 4.78 is 11.2. The van der Waals surface area contributed by atoms with Crippen molar-refractivity contribution >= 4 is 14.1 Å². The molecule has 0 aromatic carbocycles. The molecule has 1 radical (unpaired) electrons. The first-order chi connectivity index (χ1) is 3.35. The van der Waals surface area contributed by atoms with Crippen molar-refractivity contribution in [1.82, 2.24) is 4.81 Å². The molecule has 0 bridgehead atoms. The molecule has 0 saturated carbocycles. The van der Waals surface area contributed by atoms with Crippen LogP contribution in [0.5, 0.6) is 0 Å². The minimum atomic E-state index is 0.125. The van der Waals surface area contributed by atoms with E-state index >= 15 is 0 Å². The highest BCUT2D eigenvalue weighted by molar-refractivity contribution is 6.26. The van der Waals surface area contributed by atoms with Gasteiger partial charge in [-0.1, -0.05) is 6.58 Å². The van der Waals surface area contributed by atoms with E-state index in [9.17, 15) is 9.11 Å². The Kier molecular flexibility index (Phi) is 3.01. The number of rotatable bonds is 3. The predicted molar refractivity (Wildman–Crippen MR) is 25.0 cm³/mol. The second-order valence-electron chi connectivity index (χ2n) is 0.833. The molecule has 0 aliphatic carbocycles. The van der Waals surface area contributed by atoms with Crippen molar-refractivity contribution in [3.63, 3.8) is 0 Å². The van der Waals surface area contributed by atoms with Crippen LogP contribution in [0.15, 0.2) is 12.8 Å². The van der Waals surface area contributed by atoms with E-state index in [1.165, 1.54) is 0 Å². The maximum atomic E-state index is 11.2. The van der Waals surface area contributed by atoms with Gasteiger partial charge in [-0.3, -0.25) is 4.79 Å². The van der Waals surface area contributed by atoms with Crippen molar-refractivity contribution < 1.29 is 9.11 Å². The molecule has 0 heterocycles. The lowest BCUT2D eigenvalue weighted by atomic mass is 10.3. The minimum absolute atomic E-state index is 0.125. The van der Waals surface area contributed by atoms with Crippen LogP contribution in [-0.4, -0.2) is 18.9 Å². The first-order valence-corrected chi connectivity index (χ1v) is 1.64. The summed E-state index contributed by atoms with van der Waals surface area (Å²) in [4.78, 5) is 10.2. The molecule has 0 aliphatic heterocycles. The second-order valence-corrected chi connectivity index (χ2v) is 0.833. The van der Waals surface area contributed by atoms with Crippen LogP contribution in [0.1, 0.15) is 0 Å². The van der Waals surface area contributed by atoms with Crippen LogP contribution in [0.25, 0.3) is 0 Å². The fraction of sp³-hybridized carbons (Fsp3) is 0. The first-order valence-electron chi connectivity index (χ1n) is 1.64. The smallest absolute Gasteiger partial charge is 0.338 e. The molecule has 1 amide bonds. The van der Waals surface area contributed by atoms with Crippen molar-refractivity contribution in [3.05, 3.63) is 12.8 Å². The molecule has 0 atom stereocenters. The van der Waals surface area contributed by atoms with Gasteiger partial charge >= 0.3 is 7.69 Å². The van der Waals surface area contributed by atoms with Gasteiger partial charge in [-0.25, -0.2) is 0 Å². The maximum Gasteiger partial charge on any atom is 0.497 e. The van der Waals surface area contributed by atoms with E-state index in [4.69, 9.17) is 0 Å². The zero-order valence-electron chi connectivity index (χ0n) is 3.67. The summed E-state index contributed by atoms with van der Waals surface area (Å²) in [7, 11) is 0.125. The van der Waals surface area contributed by atoms with Crippen molar-refractivity contribution in [2.24, 2.45) is 0 Å². The Balaban J connectivity index is 3.36. The van der Waals surface area contributed by atoms with Gasteiger partial charge in [-0.2, -0.15) is 0 Å². The second kappa shape index (κ2) is 3.40. The molecular weight excluding hydrogens is 95.8 g/mol. The third-order valence-corrected chi connectivity index (χ3v) is 0.445. The average molecular weight is 99.9 g/mol. The normalized spacial score (nSPS) is 7.00. The van der Waals surface area contributed by atoms with Crippen LogP contribution >= 0.6 is 0 Å². The van der Waals surface area contributed by atoms with E-state index in [0.717, 1.165) is 6.20 Å². The van der Waals surface area contributed by atoms with Crippen LogP contribution in [0.2, 0.25) is 0 Å². The van der Waals surface area contributed by atoms with Gasteiger partial charge in [-0.15, -0.1) is 0 Å². The Morgan fingerprint density at radius 2 is 2.43 bits per heavy atom. The van der Waals surface area contributed by atoms with E-state index in [2.05, 4.69) is 6.58 Å². The number of hydrogen-bond donors (Lipinski definition) is 0. The first kappa shape index (κ1) is 6.20. The molecule has 0 aromatic heterocycles. The third kappa shape index (κ3) is 1.97. The summed E-state index contributed by atoms with van der Waals surface area (Å²) in [5.74, 6) is 0. The Morgan fingerprint density at radius 1 is 1.86 bits per heavy atom. The summed E-state index contributed by atoms with van der Waals surface area (Å²) in [6, 6.07) is 0. The van der Waals surface area contributed by atoms with E-state index < -0.39 is 0 Å². The third-order valence-electron chi connectivity index (χ3n) is 0.445. The largest absolute Gasteiger partial charge is 0.497 e. The standard InChI is InChI=1S/C3H4BFNO/c1-2-6(3-7)4-5/h2-3H,1H2. The molecule has 2 nitrogen and oxygen atoms in total. The Labute approximate surface area is 41.9 Å². The van der Waals surface area contributed by atoms with Crippen LogP contribution in [0.3, 0.4) is 0 Å². The molecule has 0 N–H and O–H groups in total. The predicted octanol–water partition coefficient (Wildman–Crippen LogP) is 0.0920. The fourth-order valence-corrected chi connectivity index (χ4v) is 0.106. The van der Waals surface area contributed by atoms with E-state index in [1.807, 2.05) is 0 Å². The number of halogens is 1. The minimum Gasteiger partial charge on any atom is -0.338 e. The summed E-state index contributed by atoms with van der Waals surface area (Å²) in [6.45, 7) is 3.13. The van der Waals surface area contributed by atoms with Gasteiger partial charge in [0.25, 0.3) is 0 Å². The van der Waals surface area contributed by atoms with E-state index in [-0.39, 0.29) is 7.69 Å². The average Bonchev–Trinajstić information content (AvgIpc) is 1.72. The highest BCUT2D eigenvalue weighted by Crippen LogP contribution is 1.75. The van der Waals surface area contributed by atoms with Gasteiger partial charge < -0.3 is 9.13 Å². The number of carbonyl (C=O) groups is 1. The van der Waals surface area contributed by atoms with Crippen LogP contribution in [0, 0.1) is 0 Å². The summed E-state index contributed by atoms with van der Waals surface area (Å²) in [5.41, 5.74) is 0. The molecule has 0 saturated heterocycles. The molecule has 0 aromatic rings. The maximum absolute atomic E-state index is 11.2. The lowest BCUT2D eigenvalue weighted by molar-refractivity contribution is -0.112. The summed E-state index contributed by atoms with van der Waals surface area (Å²) in [6.07, 6.45) is 1.38. The van der Waals surface area contributed by atoms with Crippen LogP contribution < -0.4 is 0 Å². The monoisotopic (exact) mass is 100 g/mol. The lowest BCUT2D eigenvalue weighted by Crippen LogP contribution is -2.14. The summed E-state index contributed by atoms with van der Waals surface area (Å²) in [5, 5.41) is 0. The summed E-state index contributed by atoms with van der Waals surface area (Å²) >= 11 is 0. The molecule has 7 heavy (non-hydrogen) atoms. The number of carbonyl (C=O) groups excluding carboxylic acids is 1. The van der Waals surface area contributed by atoms with Crippen molar-refractivity contribution in [3.8, 4) is 0 Å². The Bertz CT molecular complexity index is 69.3. The molecule has 4 heteroatoms. The van der Waals surface area contributed by atoms with Gasteiger partial charge in [0, 0.05) is 0 Å². The topological polar surface area (TPSA) is 20.3 Å². The SMILES string of the molecule is C=CN([B]F)C=O. The van der Waals surface area contributed by atoms with Crippen molar-refractivity contribution in [1.29, 1.82) is 0 Å². The lowest BCUT2D eigenvalue weighted by Gasteiger charge is -1.98. The molecule has 37 valence electrons. The molecule has 0 rings (SSSR count). The molecule has 0 unspecified atom stereocenters. The van der Waals surface area contributed by atoms with Crippen LogP contribution in [-0.2, 0) is 4.79 Å². The number of nitrogens with zero attached hydrogens (tertiary/aromatic N) is 1. The highest BCUT2D eigenvalue weighted by atomic mass is 19.1. The van der Waals surface area contributed by atoms with E-state index in [0.29, 0.717) is 11.2 Å². The van der Waals surface area contributed by atoms with E-state index in [1.54, 1.807) is 0 Å². The number of hydrogen-bond acceptors (Lipinski definition) is 1. The van der Waals surface area contributed by atoms with Gasteiger partial charge in [0.15, 0.2) is 0 Å². The van der Waals surface area contributed by atoms with Crippen molar-refractivity contribution in [2.45, 2.75) is 0 Å². The Morgan fingerprint density at radius 3 is 2.43 bits per heavy atom. The molecular formula is C3H4BFNO. The highest BCUT2D eigenvalue weighted by Gasteiger charge is 1.93. The molecule has 0 aliphatic rings. The zero-order valence-corrected chi connectivity index (χ0v) is 3.67. The fourth-order valence-electron chi connectivity index (χ4n) is 0.106. The number of amides is 1. The Hall–Kier alpha value is -0.795. The van der Waals surface area contributed by atoms with Gasteiger partial charge in [0.1, 0.15) is 0 Å². The van der Waals surface area contributed by atoms with Crippen LogP contribution in [0.4, 0.5) is 4.32 Å². The molecule has 0 fully saturated rings. The van der Waals surface area contributed by atoms with Crippen molar-refractivity contribution in [2.75, 3.05) is 0 Å². The van der Waals surface area contributed by atoms with Gasteiger partial charge in [0.05, 0.1) is 0 Å². The van der Waals surface area contributed by atoms with Gasteiger partial charge in [-0.05, 0) is 6.20 Å².